The van der Waals surface area contributed by atoms with E-state index in [9.17, 15) is 20.0 Å². The van der Waals surface area contributed by atoms with E-state index in [4.69, 9.17) is 4.74 Å². The van der Waals surface area contributed by atoms with Gasteiger partial charge in [0.1, 0.15) is 5.54 Å². The summed E-state index contributed by atoms with van der Waals surface area (Å²) in [4.78, 5) is 21.7. The Bertz CT molecular complexity index is 538. The van der Waals surface area contributed by atoms with E-state index in [0.29, 0.717) is 18.5 Å². The van der Waals surface area contributed by atoms with Crippen LogP contribution in [-0.4, -0.2) is 28.6 Å². The SMILES string of the molecule is COc1cc(NC2(C(=O)O)CCCC2)ccc1[N+](=O)[O-]. The van der Waals surface area contributed by atoms with Gasteiger partial charge in [-0.1, -0.05) is 12.8 Å². The fraction of sp³-hybridized carbons (Fsp3) is 0.462. The lowest BCUT2D eigenvalue weighted by molar-refractivity contribution is -0.385. The molecule has 0 amide bonds. The van der Waals surface area contributed by atoms with E-state index in [1.165, 1.54) is 25.3 Å². The Labute approximate surface area is 115 Å². The Morgan fingerprint density at radius 2 is 2.10 bits per heavy atom. The van der Waals surface area contributed by atoms with Gasteiger partial charge in [0.25, 0.3) is 0 Å². The molecule has 1 fully saturated rings. The van der Waals surface area contributed by atoms with Gasteiger partial charge in [-0.3, -0.25) is 10.1 Å². The van der Waals surface area contributed by atoms with Crippen molar-refractivity contribution in [2.75, 3.05) is 12.4 Å². The van der Waals surface area contributed by atoms with Crippen LogP contribution in [0, 0.1) is 10.1 Å². The smallest absolute Gasteiger partial charge is 0.329 e. The third kappa shape index (κ3) is 2.52. The molecule has 0 aliphatic heterocycles. The van der Waals surface area contributed by atoms with Gasteiger partial charge in [-0.15, -0.1) is 0 Å². The third-order valence-corrected chi connectivity index (χ3v) is 3.63. The number of aliphatic carboxylic acids is 1. The maximum atomic E-state index is 11.5. The first-order valence-electron chi connectivity index (χ1n) is 6.32. The summed E-state index contributed by atoms with van der Waals surface area (Å²) in [6, 6.07) is 4.27. The fourth-order valence-corrected chi connectivity index (χ4v) is 2.55. The quantitative estimate of drug-likeness (QED) is 0.634. The van der Waals surface area contributed by atoms with E-state index in [1.807, 2.05) is 0 Å². The van der Waals surface area contributed by atoms with E-state index >= 15 is 0 Å². The fourth-order valence-electron chi connectivity index (χ4n) is 2.55. The van der Waals surface area contributed by atoms with Gasteiger partial charge in [-0.2, -0.15) is 0 Å². The van der Waals surface area contributed by atoms with Crippen LogP contribution >= 0.6 is 0 Å². The van der Waals surface area contributed by atoms with Crippen LogP contribution < -0.4 is 10.1 Å². The van der Waals surface area contributed by atoms with Gasteiger partial charge in [0.2, 0.25) is 0 Å². The van der Waals surface area contributed by atoms with Crippen molar-refractivity contribution in [2.24, 2.45) is 0 Å². The highest BCUT2D eigenvalue weighted by Gasteiger charge is 2.41. The van der Waals surface area contributed by atoms with Gasteiger partial charge in [-0.25, -0.2) is 4.79 Å². The van der Waals surface area contributed by atoms with Crippen LogP contribution in [0.1, 0.15) is 25.7 Å². The molecule has 1 aliphatic rings. The van der Waals surface area contributed by atoms with Gasteiger partial charge in [0.15, 0.2) is 5.75 Å². The van der Waals surface area contributed by atoms with Crippen LogP contribution in [-0.2, 0) is 4.79 Å². The minimum absolute atomic E-state index is 0.110. The van der Waals surface area contributed by atoms with Gasteiger partial charge < -0.3 is 15.2 Å². The predicted molar refractivity (Wildman–Crippen MR) is 72.1 cm³/mol. The molecule has 1 saturated carbocycles. The summed E-state index contributed by atoms with van der Waals surface area (Å²) < 4.78 is 4.98. The second-order valence-electron chi connectivity index (χ2n) is 4.86. The number of ether oxygens (including phenoxy) is 1. The van der Waals surface area contributed by atoms with Gasteiger partial charge in [0, 0.05) is 17.8 Å². The van der Waals surface area contributed by atoms with Crippen molar-refractivity contribution in [3.05, 3.63) is 28.3 Å². The number of nitro groups is 1. The first kappa shape index (κ1) is 14.1. The number of carbonyl (C=O) groups is 1. The van der Waals surface area contributed by atoms with Crippen molar-refractivity contribution in [1.82, 2.24) is 0 Å². The molecule has 2 rings (SSSR count). The Balaban J connectivity index is 2.29. The molecule has 0 saturated heterocycles. The Hall–Kier alpha value is -2.31. The minimum atomic E-state index is -0.985. The molecular formula is C13H16N2O5. The lowest BCUT2D eigenvalue weighted by atomic mass is 9.97. The number of nitro benzene ring substituents is 1. The van der Waals surface area contributed by atoms with Crippen LogP contribution in [0.3, 0.4) is 0 Å². The molecule has 20 heavy (non-hydrogen) atoms. The van der Waals surface area contributed by atoms with Gasteiger partial charge in [0.05, 0.1) is 12.0 Å². The van der Waals surface area contributed by atoms with Crippen molar-refractivity contribution in [2.45, 2.75) is 31.2 Å². The van der Waals surface area contributed by atoms with E-state index < -0.39 is 16.4 Å². The van der Waals surface area contributed by atoms with Crippen molar-refractivity contribution in [3.8, 4) is 5.75 Å². The highest BCUT2D eigenvalue weighted by Crippen LogP contribution is 2.36. The van der Waals surface area contributed by atoms with Gasteiger partial charge in [-0.05, 0) is 18.9 Å². The molecule has 0 spiro atoms. The van der Waals surface area contributed by atoms with Crippen LogP contribution in [0.5, 0.6) is 5.75 Å². The molecule has 108 valence electrons. The van der Waals surface area contributed by atoms with Crippen LogP contribution in [0.2, 0.25) is 0 Å². The van der Waals surface area contributed by atoms with Crippen LogP contribution in [0.4, 0.5) is 11.4 Å². The molecular weight excluding hydrogens is 264 g/mol. The van der Waals surface area contributed by atoms with Crippen molar-refractivity contribution < 1.29 is 19.6 Å². The molecule has 1 aromatic carbocycles. The Kier molecular flexibility index (Phi) is 3.78. The average molecular weight is 280 g/mol. The molecule has 0 unspecified atom stereocenters. The summed E-state index contributed by atoms with van der Waals surface area (Å²) in [5, 5.41) is 23.2. The summed E-state index contributed by atoms with van der Waals surface area (Å²) >= 11 is 0. The number of benzene rings is 1. The minimum Gasteiger partial charge on any atom is -0.490 e. The number of methoxy groups -OCH3 is 1. The molecule has 0 heterocycles. The first-order chi connectivity index (χ1) is 9.48. The summed E-state index contributed by atoms with van der Waals surface area (Å²) in [6.07, 6.45) is 2.79. The number of hydrogen-bond acceptors (Lipinski definition) is 5. The van der Waals surface area contributed by atoms with Crippen LogP contribution in [0.25, 0.3) is 0 Å². The molecule has 2 N–H and O–H groups in total. The van der Waals surface area contributed by atoms with E-state index in [-0.39, 0.29) is 11.4 Å². The summed E-state index contributed by atoms with van der Waals surface area (Å²) in [5.41, 5.74) is -0.619. The zero-order chi connectivity index (χ0) is 14.8. The standard InChI is InChI=1S/C13H16N2O5/c1-20-11-8-9(4-5-10(11)15(18)19)14-13(12(16)17)6-2-3-7-13/h4-5,8,14H,2-3,6-7H2,1H3,(H,16,17). The number of nitrogens with zero attached hydrogens (tertiary/aromatic N) is 1. The van der Waals surface area contributed by atoms with E-state index in [1.54, 1.807) is 0 Å². The molecule has 0 aromatic heterocycles. The summed E-state index contributed by atoms with van der Waals surface area (Å²) in [7, 11) is 1.34. The maximum Gasteiger partial charge on any atom is 0.329 e. The molecule has 7 heteroatoms. The second kappa shape index (κ2) is 5.36. The number of carboxylic acid groups (broad SMARTS) is 1. The molecule has 0 radical (unpaired) electrons. The lowest BCUT2D eigenvalue weighted by Gasteiger charge is -2.26. The number of carboxylic acids is 1. The monoisotopic (exact) mass is 280 g/mol. The highest BCUT2D eigenvalue weighted by molar-refractivity contribution is 5.83. The molecule has 1 aliphatic carbocycles. The number of rotatable bonds is 5. The Morgan fingerprint density at radius 3 is 2.60 bits per heavy atom. The lowest BCUT2D eigenvalue weighted by Crippen LogP contribution is -2.43. The molecule has 7 nitrogen and oxygen atoms in total. The predicted octanol–water partition coefficient (Wildman–Crippen LogP) is 2.41. The van der Waals surface area contributed by atoms with Crippen molar-refractivity contribution in [3.63, 3.8) is 0 Å². The topological polar surface area (TPSA) is 102 Å². The summed E-state index contributed by atoms with van der Waals surface area (Å²) in [6.45, 7) is 0. The molecule has 0 atom stereocenters. The normalized spacial score (nSPS) is 16.6. The maximum absolute atomic E-state index is 11.5. The molecule has 0 bridgehead atoms. The number of nitrogens with one attached hydrogen (secondary N) is 1. The van der Waals surface area contributed by atoms with Crippen molar-refractivity contribution in [1.29, 1.82) is 0 Å². The number of anilines is 1. The largest absolute Gasteiger partial charge is 0.490 e. The first-order valence-corrected chi connectivity index (χ1v) is 6.32. The van der Waals surface area contributed by atoms with E-state index in [2.05, 4.69) is 5.32 Å². The van der Waals surface area contributed by atoms with Gasteiger partial charge >= 0.3 is 11.7 Å². The summed E-state index contributed by atoms with van der Waals surface area (Å²) in [5.74, 6) is -0.786. The second-order valence-corrected chi connectivity index (χ2v) is 4.86. The zero-order valence-corrected chi connectivity index (χ0v) is 11.1. The van der Waals surface area contributed by atoms with E-state index in [0.717, 1.165) is 12.8 Å². The molecule has 1 aromatic rings. The highest BCUT2D eigenvalue weighted by atomic mass is 16.6. The third-order valence-electron chi connectivity index (χ3n) is 3.63. The Morgan fingerprint density at radius 1 is 1.45 bits per heavy atom. The zero-order valence-electron chi connectivity index (χ0n) is 11.1. The number of hydrogen-bond donors (Lipinski definition) is 2. The average Bonchev–Trinajstić information content (AvgIpc) is 2.88. The van der Waals surface area contributed by atoms with Crippen molar-refractivity contribution >= 4 is 17.3 Å². The van der Waals surface area contributed by atoms with Crippen LogP contribution in [0.15, 0.2) is 18.2 Å².